The van der Waals surface area contributed by atoms with E-state index >= 15 is 0 Å². The first-order valence-corrected chi connectivity index (χ1v) is 9.91. The molecule has 3 aromatic rings. The van der Waals surface area contributed by atoms with Gasteiger partial charge in [-0.05, 0) is 24.1 Å². The third kappa shape index (κ3) is 4.74. The van der Waals surface area contributed by atoms with Crippen LogP contribution in [0.3, 0.4) is 0 Å². The number of nitrogens with zero attached hydrogens (tertiary/aromatic N) is 3. The van der Waals surface area contributed by atoms with Crippen molar-refractivity contribution < 1.29 is 14.3 Å². The minimum atomic E-state index is -0.183. The summed E-state index contributed by atoms with van der Waals surface area (Å²) in [5.41, 5.74) is 1.25. The van der Waals surface area contributed by atoms with Crippen molar-refractivity contribution in [1.82, 2.24) is 14.5 Å². The molecule has 0 fully saturated rings. The number of hydrogen-bond donors (Lipinski definition) is 0. The van der Waals surface area contributed by atoms with Gasteiger partial charge in [-0.2, -0.15) is 0 Å². The fraction of sp³-hybridized carbons (Fsp3) is 0.318. The number of halogens is 1. The molecule has 2 aromatic carbocycles. The molecule has 1 heterocycles. The molecule has 0 aliphatic carbocycles. The summed E-state index contributed by atoms with van der Waals surface area (Å²) >= 11 is 6.16. The molecule has 8 heteroatoms. The number of aromatic nitrogens is 2. The zero-order chi connectivity index (χ0) is 21.7. The number of methoxy groups -OCH3 is 2. The molecule has 0 spiro atoms. The summed E-state index contributed by atoms with van der Waals surface area (Å²) in [6, 6.07) is 10.8. The molecule has 0 unspecified atom stereocenters. The Morgan fingerprint density at radius 2 is 1.87 bits per heavy atom. The standard InChI is InChI=1S/C22H24ClN3O4/c1-25(13-15-7-4-5-8-17(15)23)21(27)9-6-10-26-14-24-18-12-20(30-3)19(29-2)11-16(18)22(26)28/h4-5,7-8,11-12,14H,6,9-10,13H2,1-3H3. The summed E-state index contributed by atoms with van der Waals surface area (Å²) in [6.07, 6.45) is 2.33. The Balaban J connectivity index is 1.65. The van der Waals surface area contributed by atoms with E-state index in [4.69, 9.17) is 21.1 Å². The van der Waals surface area contributed by atoms with Crippen molar-refractivity contribution in [3.63, 3.8) is 0 Å². The van der Waals surface area contributed by atoms with Crippen LogP contribution < -0.4 is 15.0 Å². The van der Waals surface area contributed by atoms with Gasteiger partial charge in [0.25, 0.3) is 5.56 Å². The molecule has 0 N–H and O–H groups in total. The van der Waals surface area contributed by atoms with E-state index in [2.05, 4.69) is 4.98 Å². The van der Waals surface area contributed by atoms with Gasteiger partial charge >= 0.3 is 0 Å². The SMILES string of the molecule is COc1cc2ncn(CCCC(=O)N(C)Cc3ccccc3Cl)c(=O)c2cc1OC. The number of amides is 1. The number of aryl methyl sites for hydroxylation is 1. The average molecular weight is 430 g/mol. The largest absolute Gasteiger partial charge is 0.493 e. The van der Waals surface area contributed by atoms with Gasteiger partial charge in [0.1, 0.15) is 0 Å². The number of hydrogen-bond acceptors (Lipinski definition) is 5. The number of carbonyl (C=O) groups excluding carboxylic acids is 1. The summed E-state index contributed by atoms with van der Waals surface area (Å²) < 4.78 is 12.0. The van der Waals surface area contributed by atoms with E-state index in [0.717, 1.165) is 5.56 Å². The average Bonchev–Trinajstić information content (AvgIpc) is 2.75. The number of rotatable bonds is 8. The van der Waals surface area contributed by atoms with Crippen LogP contribution in [0.25, 0.3) is 10.9 Å². The second-order valence-electron chi connectivity index (χ2n) is 6.91. The van der Waals surface area contributed by atoms with Gasteiger partial charge in [0.05, 0.1) is 31.4 Å². The molecule has 0 bridgehead atoms. The van der Waals surface area contributed by atoms with Crippen LogP contribution in [0.5, 0.6) is 11.5 Å². The smallest absolute Gasteiger partial charge is 0.261 e. The van der Waals surface area contributed by atoms with Crippen molar-refractivity contribution in [1.29, 1.82) is 0 Å². The lowest BCUT2D eigenvalue weighted by atomic mass is 10.2. The topological polar surface area (TPSA) is 73.7 Å². The lowest BCUT2D eigenvalue weighted by Crippen LogP contribution is -2.27. The molecule has 0 radical (unpaired) electrons. The molecule has 0 aliphatic rings. The second kappa shape index (κ2) is 9.63. The molecule has 0 aliphatic heterocycles. The van der Waals surface area contributed by atoms with E-state index in [9.17, 15) is 9.59 Å². The van der Waals surface area contributed by atoms with Gasteiger partial charge in [0.2, 0.25) is 5.91 Å². The molecule has 1 amide bonds. The van der Waals surface area contributed by atoms with E-state index in [1.807, 2.05) is 18.2 Å². The number of benzene rings is 2. The van der Waals surface area contributed by atoms with Crippen molar-refractivity contribution in [2.45, 2.75) is 25.9 Å². The molecule has 7 nitrogen and oxygen atoms in total. The van der Waals surface area contributed by atoms with Crippen molar-refractivity contribution in [3.05, 3.63) is 63.7 Å². The predicted octanol–water partition coefficient (Wildman–Crippen LogP) is 3.51. The maximum absolute atomic E-state index is 12.8. The van der Waals surface area contributed by atoms with Crippen LogP contribution in [0.1, 0.15) is 18.4 Å². The third-order valence-electron chi connectivity index (χ3n) is 4.91. The summed E-state index contributed by atoms with van der Waals surface area (Å²) in [4.78, 5) is 31.2. The van der Waals surface area contributed by atoms with E-state index < -0.39 is 0 Å². The Morgan fingerprint density at radius 3 is 2.57 bits per heavy atom. The van der Waals surface area contributed by atoms with Gasteiger partial charge < -0.3 is 14.4 Å². The van der Waals surface area contributed by atoms with Gasteiger partial charge in [0.15, 0.2) is 11.5 Å². The highest BCUT2D eigenvalue weighted by Crippen LogP contribution is 2.29. The summed E-state index contributed by atoms with van der Waals surface area (Å²) in [6.45, 7) is 0.833. The maximum Gasteiger partial charge on any atom is 0.261 e. The highest BCUT2D eigenvalue weighted by molar-refractivity contribution is 6.31. The molecule has 0 saturated heterocycles. The van der Waals surface area contributed by atoms with Crippen molar-refractivity contribution in [3.8, 4) is 11.5 Å². The molecule has 30 heavy (non-hydrogen) atoms. The molecular weight excluding hydrogens is 406 g/mol. The zero-order valence-corrected chi connectivity index (χ0v) is 18.0. The Labute approximate surface area is 179 Å². The van der Waals surface area contributed by atoms with Crippen LogP contribution in [-0.2, 0) is 17.9 Å². The van der Waals surface area contributed by atoms with E-state index in [0.29, 0.717) is 53.4 Å². The molecule has 0 saturated carbocycles. The monoisotopic (exact) mass is 429 g/mol. The van der Waals surface area contributed by atoms with Gasteiger partial charge in [-0.3, -0.25) is 14.2 Å². The van der Waals surface area contributed by atoms with Crippen molar-refractivity contribution >= 4 is 28.4 Å². The van der Waals surface area contributed by atoms with Gasteiger partial charge in [0, 0.05) is 37.6 Å². The molecule has 3 rings (SSSR count). The van der Waals surface area contributed by atoms with Gasteiger partial charge in [-0.15, -0.1) is 0 Å². The highest BCUT2D eigenvalue weighted by atomic mass is 35.5. The quantitative estimate of drug-likeness (QED) is 0.548. The van der Waals surface area contributed by atoms with E-state index in [1.165, 1.54) is 25.1 Å². The molecule has 0 atom stereocenters. The first-order chi connectivity index (χ1) is 14.4. The normalized spacial score (nSPS) is 10.8. The molecular formula is C22H24ClN3O4. The lowest BCUT2D eigenvalue weighted by molar-refractivity contribution is -0.130. The van der Waals surface area contributed by atoms with Crippen LogP contribution in [0.2, 0.25) is 5.02 Å². The fourth-order valence-electron chi connectivity index (χ4n) is 3.21. The first kappa shape index (κ1) is 21.6. The van der Waals surface area contributed by atoms with Gasteiger partial charge in [-0.1, -0.05) is 29.8 Å². The zero-order valence-electron chi connectivity index (χ0n) is 17.2. The lowest BCUT2D eigenvalue weighted by Gasteiger charge is -2.18. The Hall–Kier alpha value is -3.06. The predicted molar refractivity (Wildman–Crippen MR) is 116 cm³/mol. The minimum absolute atomic E-state index is 0.0110. The van der Waals surface area contributed by atoms with Crippen LogP contribution in [0.4, 0.5) is 0 Å². The van der Waals surface area contributed by atoms with E-state index in [1.54, 1.807) is 30.1 Å². The van der Waals surface area contributed by atoms with Gasteiger partial charge in [-0.25, -0.2) is 4.98 Å². The van der Waals surface area contributed by atoms with Crippen LogP contribution in [0.15, 0.2) is 47.5 Å². The highest BCUT2D eigenvalue weighted by Gasteiger charge is 2.13. The summed E-state index contributed by atoms with van der Waals surface area (Å²) in [7, 11) is 4.79. The summed E-state index contributed by atoms with van der Waals surface area (Å²) in [5.74, 6) is 0.975. The Kier molecular flexibility index (Phi) is 6.95. The van der Waals surface area contributed by atoms with Crippen molar-refractivity contribution in [2.24, 2.45) is 0 Å². The Bertz CT molecular complexity index is 1110. The minimum Gasteiger partial charge on any atom is -0.493 e. The van der Waals surface area contributed by atoms with Crippen molar-refractivity contribution in [2.75, 3.05) is 21.3 Å². The Morgan fingerprint density at radius 1 is 1.17 bits per heavy atom. The third-order valence-corrected chi connectivity index (χ3v) is 5.28. The van der Waals surface area contributed by atoms with Crippen LogP contribution in [-0.4, -0.2) is 41.6 Å². The number of carbonyl (C=O) groups is 1. The number of ether oxygens (including phenoxy) is 2. The maximum atomic E-state index is 12.8. The summed E-state index contributed by atoms with van der Waals surface area (Å²) in [5, 5.41) is 1.08. The second-order valence-corrected chi connectivity index (χ2v) is 7.32. The van der Waals surface area contributed by atoms with Crippen LogP contribution in [0, 0.1) is 0 Å². The van der Waals surface area contributed by atoms with Crippen LogP contribution >= 0.6 is 11.6 Å². The molecule has 1 aromatic heterocycles. The number of fused-ring (bicyclic) bond motifs is 1. The van der Waals surface area contributed by atoms with E-state index in [-0.39, 0.29) is 11.5 Å². The first-order valence-electron chi connectivity index (χ1n) is 9.53. The molecule has 158 valence electrons. The fourth-order valence-corrected chi connectivity index (χ4v) is 3.40.